The van der Waals surface area contributed by atoms with Crippen LogP contribution in [0.1, 0.15) is 68.1 Å². The highest BCUT2D eigenvalue weighted by Gasteiger charge is 2.49. The van der Waals surface area contributed by atoms with Gasteiger partial charge in [-0.05, 0) is 74.6 Å². The minimum Gasteiger partial charge on any atom is -0.495 e. The number of piperazine rings is 1. The molecule has 5 heterocycles. The zero-order chi connectivity index (χ0) is 44.3. The van der Waals surface area contributed by atoms with Gasteiger partial charge in [0.2, 0.25) is 23.7 Å². The normalized spacial score (nSPS) is 21.1. The fourth-order valence-corrected chi connectivity index (χ4v) is 9.14. The predicted octanol–water partition coefficient (Wildman–Crippen LogP) is 3.74. The molecule has 1 saturated carbocycles. The number of nitrogens with one attached hydrogen (secondary N) is 4. The third-order valence-corrected chi connectivity index (χ3v) is 12.9. The van der Waals surface area contributed by atoms with Gasteiger partial charge in [-0.1, -0.05) is 12.8 Å². The van der Waals surface area contributed by atoms with Crippen LogP contribution in [-0.4, -0.2) is 140 Å². The van der Waals surface area contributed by atoms with Crippen LogP contribution in [0.5, 0.6) is 5.75 Å². The van der Waals surface area contributed by atoms with E-state index >= 15 is 8.78 Å². The molecule has 1 aromatic heterocycles. The van der Waals surface area contributed by atoms with E-state index < -0.39 is 24.4 Å². The number of methoxy groups -OCH3 is 1. The van der Waals surface area contributed by atoms with Gasteiger partial charge in [-0.25, -0.2) is 4.98 Å². The van der Waals surface area contributed by atoms with Crippen molar-refractivity contribution in [2.24, 2.45) is 0 Å². The fraction of sp³-hybridized carbons (Fsp3) is 0.523. The molecule has 2 aromatic carbocycles. The van der Waals surface area contributed by atoms with Crippen LogP contribution in [0, 0.1) is 0 Å². The summed E-state index contributed by atoms with van der Waals surface area (Å²) < 4.78 is 35.7. The quantitative estimate of drug-likeness (QED) is 0.193. The number of fused-ring (bicyclic) bond motifs is 1. The van der Waals surface area contributed by atoms with Gasteiger partial charge in [-0.15, -0.1) is 0 Å². The van der Waals surface area contributed by atoms with Gasteiger partial charge in [-0.3, -0.25) is 34.2 Å². The van der Waals surface area contributed by atoms with E-state index in [4.69, 9.17) is 4.74 Å². The molecule has 3 aromatic rings. The van der Waals surface area contributed by atoms with Crippen molar-refractivity contribution >= 4 is 64.1 Å². The smallest absolute Gasteiger partial charge is 0.342 e. The number of likely N-dealkylation sites (tertiary alicyclic amines) is 1. The molecule has 4 N–H and O–H groups in total. The maximum Gasteiger partial charge on any atom is 0.342 e. The van der Waals surface area contributed by atoms with Gasteiger partial charge in [0.05, 0.1) is 25.5 Å². The number of rotatable bonds is 12. The molecule has 1 atom stereocenters. The molecule has 1 unspecified atom stereocenters. The Hall–Kier alpha value is -6.11. The van der Waals surface area contributed by atoms with Crippen molar-refractivity contribution in [1.29, 1.82) is 0 Å². The van der Waals surface area contributed by atoms with Crippen molar-refractivity contribution in [3.63, 3.8) is 0 Å². The Labute approximate surface area is 364 Å². The molecule has 336 valence electrons. The first-order chi connectivity index (χ1) is 30.3. The Morgan fingerprint density at radius 3 is 2.37 bits per heavy atom. The van der Waals surface area contributed by atoms with Gasteiger partial charge in [-0.2, -0.15) is 13.8 Å². The van der Waals surface area contributed by atoms with Gasteiger partial charge in [0.15, 0.2) is 5.82 Å². The van der Waals surface area contributed by atoms with E-state index in [0.717, 1.165) is 68.1 Å². The first-order valence-electron chi connectivity index (χ1n) is 21.9. The standard InChI is InChI=1S/C44H55F2N11O6/c1-53-35-26-47-43(52-39(35)57(32-5-3-4-6-32)27-44(45,46)42(53)62)50-33-12-7-28(25-36(33)63-2)40(60)49-30-15-19-56(20-16-30)38(59)17-18-54-21-23-55(24-22-54)31-10-8-29(9-11-31)48-34-13-14-37(58)51-41(34)61/h7-12,25-26,30,32,34,48H,3-6,13-24,27H2,1-2H3,(H,49,60)(H,47,50,52)(H,51,58,61). The Morgan fingerprint density at radius 1 is 0.937 bits per heavy atom. The number of hydrogen-bond acceptors (Lipinski definition) is 13. The molecule has 63 heavy (non-hydrogen) atoms. The zero-order valence-corrected chi connectivity index (χ0v) is 35.7. The number of hydrogen-bond donors (Lipinski definition) is 4. The molecule has 4 fully saturated rings. The predicted molar refractivity (Wildman–Crippen MR) is 233 cm³/mol. The van der Waals surface area contributed by atoms with Crippen LogP contribution in [-0.2, 0) is 19.2 Å². The minimum absolute atomic E-state index is 0.103. The Balaban J connectivity index is 0.782. The third kappa shape index (κ3) is 9.92. The summed E-state index contributed by atoms with van der Waals surface area (Å²) in [5.74, 6) is -4.84. The van der Waals surface area contributed by atoms with E-state index in [2.05, 4.69) is 41.0 Å². The van der Waals surface area contributed by atoms with E-state index in [1.54, 1.807) is 23.1 Å². The van der Waals surface area contributed by atoms with E-state index in [-0.39, 0.29) is 53.2 Å². The molecule has 5 aliphatic rings. The summed E-state index contributed by atoms with van der Waals surface area (Å²) >= 11 is 0. The number of ether oxygens (including phenoxy) is 1. The van der Waals surface area contributed by atoms with E-state index in [1.165, 1.54) is 20.4 Å². The van der Waals surface area contributed by atoms with E-state index in [0.29, 0.717) is 68.7 Å². The second-order valence-corrected chi connectivity index (χ2v) is 17.0. The molecule has 0 bridgehead atoms. The number of carbonyl (C=O) groups is 5. The summed E-state index contributed by atoms with van der Waals surface area (Å²) in [6.07, 6.45) is 7.15. The van der Waals surface area contributed by atoms with Crippen molar-refractivity contribution in [2.75, 3.05) is 91.8 Å². The SMILES string of the molecule is COc1cc(C(=O)NC2CCN(C(=O)CCN3CCN(c4ccc(NC5CCC(=O)NC5=O)cc4)CC3)CC2)ccc1Nc1ncc2c(n1)N(C1CCCC1)CC(F)(F)C(=O)N2C. The van der Waals surface area contributed by atoms with E-state index in [9.17, 15) is 24.0 Å². The molecular weight excluding hydrogens is 817 g/mol. The number of alkyl halides is 2. The number of anilines is 6. The number of halogens is 2. The van der Waals surface area contributed by atoms with Crippen LogP contribution >= 0.6 is 0 Å². The van der Waals surface area contributed by atoms with Crippen LogP contribution in [0.3, 0.4) is 0 Å². The number of amides is 5. The van der Waals surface area contributed by atoms with Crippen molar-refractivity contribution in [2.45, 2.75) is 81.8 Å². The molecule has 19 heteroatoms. The molecule has 4 aliphatic heterocycles. The topological polar surface area (TPSA) is 185 Å². The Morgan fingerprint density at radius 2 is 1.67 bits per heavy atom. The first kappa shape index (κ1) is 43.5. The average molecular weight is 872 g/mol. The van der Waals surface area contributed by atoms with Crippen molar-refractivity contribution in [1.82, 2.24) is 30.4 Å². The second-order valence-electron chi connectivity index (χ2n) is 17.0. The molecule has 0 radical (unpaired) electrons. The summed E-state index contributed by atoms with van der Waals surface area (Å²) in [5, 5.41) is 11.8. The summed E-state index contributed by atoms with van der Waals surface area (Å²) in [7, 11) is 2.79. The van der Waals surface area contributed by atoms with Crippen molar-refractivity contribution in [3.05, 3.63) is 54.2 Å². The fourth-order valence-electron chi connectivity index (χ4n) is 9.14. The summed E-state index contributed by atoms with van der Waals surface area (Å²) in [4.78, 5) is 80.8. The Bertz CT molecular complexity index is 2190. The molecule has 3 saturated heterocycles. The third-order valence-electron chi connectivity index (χ3n) is 12.9. The van der Waals surface area contributed by atoms with Crippen molar-refractivity contribution in [3.8, 4) is 5.75 Å². The lowest BCUT2D eigenvalue weighted by molar-refractivity contribution is -0.140. The van der Waals surface area contributed by atoms with E-state index in [1.807, 2.05) is 29.2 Å². The lowest BCUT2D eigenvalue weighted by atomic mass is 10.0. The van der Waals surface area contributed by atoms with Gasteiger partial charge >= 0.3 is 5.92 Å². The monoisotopic (exact) mass is 871 g/mol. The molecule has 8 rings (SSSR count). The van der Waals surface area contributed by atoms with Crippen LogP contribution in [0.2, 0.25) is 0 Å². The highest BCUT2D eigenvalue weighted by molar-refractivity contribution is 6.02. The lowest BCUT2D eigenvalue weighted by Gasteiger charge is -2.37. The van der Waals surface area contributed by atoms with Crippen molar-refractivity contribution < 1.29 is 37.5 Å². The first-order valence-corrected chi connectivity index (χ1v) is 21.9. The van der Waals surface area contributed by atoms with Gasteiger partial charge in [0.1, 0.15) is 17.5 Å². The number of aromatic nitrogens is 2. The average Bonchev–Trinajstić information content (AvgIpc) is 3.82. The number of piperidine rings is 2. The van der Waals surface area contributed by atoms with Gasteiger partial charge < -0.3 is 40.3 Å². The summed E-state index contributed by atoms with van der Waals surface area (Å²) in [6.45, 7) is 4.37. The van der Waals surface area contributed by atoms with Crippen LogP contribution < -0.4 is 40.7 Å². The molecule has 1 aliphatic carbocycles. The minimum atomic E-state index is -3.58. The maximum atomic E-state index is 15.0. The highest BCUT2D eigenvalue weighted by Crippen LogP contribution is 2.40. The van der Waals surface area contributed by atoms with Crippen LogP contribution in [0.15, 0.2) is 48.7 Å². The summed E-state index contributed by atoms with van der Waals surface area (Å²) in [6, 6.07) is 12.2. The highest BCUT2D eigenvalue weighted by atomic mass is 19.3. The summed E-state index contributed by atoms with van der Waals surface area (Å²) in [5.41, 5.74) is 2.97. The number of benzene rings is 2. The molecule has 0 spiro atoms. The number of carbonyl (C=O) groups excluding carboxylic acids is 5. The second kappa shape index (κ2) is 18.7. The molecular formula is C44H55F2N11O6. The number of nitrogens with zero attached hydrogens (tertiary/aromatic N) is 7. The maximum absolute atomic E-state index is 15.0. The lowest BCUT2D eigenvalue weighted by Crippen LogP contribution is -2.49. The zero-order valence-electron chi connectivity index (χ0n) is 35.7. The number of imide groups is 1. The molecule has 5 amide bonds. The largest absolute Gasteiger partial charge is 0.495 e. The molecule has 17 nitrogen and oxygen atoms in total. The van der Waals surface area contributed by atoms with Gasteiger partial charge in [0.25, 0.3) is 11.8 Å². The van der Waals surface area contributed by atoms with Crippen LogP contribution in [0.25, 0.3) is 0 Å². The van der Waals surface area contributed by atoms with Crippen LogP contribution in [0.4, 0.5) is 43.3 Å². The van der Waals surface area contributed by atoms with Gasteiger partial charge in [0, 0.05) is 94.7 Å². The Kier molecular flexibility index (Phi) is 12.9.